The van der Waals surface area contributed by atoms with Gasteiger partial charge in [0.1, 0.15) is 0 Å². The van der Waals surface area contributed by atoms with E-state index in [1.807, 2.05) is 0 Å². The largest absolute Gasteiger partial charge is 0.276 e. The Morgan fingerprint density at radius 1 is 1.15 bits per heavy atom. The van der Waals surface area contributed by atoms with Crippen LogP contribution in [0.3, 0.4) is 0 Å². The number of halogens is 1. The molecule has 0 fully saturated rings. The van der Waals surface area contributed by atoms with Crippen molar-refractivity contribution in [1.29, 1.82) is 0 Å². The molecular formula is C15H13ClO3S. The van der Waals surface area contributed by atoms with Gasteiger partial charge in [-0.25, -0.2) is 8.42 Å². The summed E-state index contributed by atoms with van der Waals surface area (Å²) >= 11 is 5.19. The third-order valence-corrected chi connectivity index (χ3v) is 4.25. The smallest absolute Gasteiger partial charge is 0.252 e. The zero-order valence-corrected chi connectivity index (χ0v) is 12.4. The number of sulfone groups is 1. The molecule has 5 heteroatoms. The van der Waals surface area contributed by atoms with Gasteiger partial charge in [0.25, 0.3) is 5.24 Å². The minimum atomic E-state index is -3.27. The first-order valence-corrected chi connectivity index (χ1v) is 8.21. The second-order valence-corrected chi connectivity index (χ2v) is 6.93. The summed E-state index contributed by atoms with van der Waals surface area (Å²) in [6, 6.07) is 5.61. The number of benzene rings is 1. The fourth-order valence-corrected chi connectivity index (χ4v) is 2.64. The van der Waals surface area contributed by atoms with Crippen molar-refractivity contribution in [3.63, 3.8) is 0 Å². The molecule has 0 aliphatic heterocycles. The van der Waals surface area contributed by atoms with Crippen LogP contribution in [0, 0.1) is 0 Å². The van der Waals surface area contributed by atoms with Gasteiger partial charge in [-0.15, -0.1) is 0 Å². The standard InChI is InChI=1S/C8H7ClO3S.C7H6/c1-13(11,12)7-4-2-3-6(5-7)8(9)10;1-2-7-4-3-6(1)5-7/h2-5H,1H3;1-4H,5H2. The predicted molar refractivity (Wildman–Crippen MR) is 79.7 cm³/mol. The Balaban J connectivity index is 0.000000173. The van der Waals surface area contributed by atoms with Crippen molar-refractivity contribution >= 4 is 26.7 Å². The van der Waals surface area contributed by atoms with Gasteiger partial charge in [-0.1, -0.05) is 36.4 Å². The molecule has 104 valence electrons. The first-order valence-electron chi connectivity index (χ1n) is 5.94. The van der Waals surface area contributed by atoms with Crippen molar-refractivity contribution in [3.05, 3.63) is 65.3 Å². The quantitative estimate of drug-likeness (QED) is 0.788. The number of carbonyl (C=O) groups excluding carboxylic acids is 1. The molecule has 0 amide bonds. The van der Waals surface area contributed by atoms with E-state index in [1.54, 1.807) is 0 Å². The van der Waals surface area contributed by atoms with E-state index in [9.17, 15) is 13.2 Å². The van der Waals surface area contributed by atoms with Crippen LogP contribution < -0.4 is 0 Å². The molecule has 3 nitrogen and oxygen atoms in total. The fourth-order valence-electron chi connectivity index (χ4n) is 1.86. The van der Waals surface area contributed by atoms with E-state index in [1.165, 1.54) is 41.8 Å². The molecule has 2 aliphatic carbocycles. The average molecular weight is 309 g/mol. The maximum absolute atomic E-state index is 11.1. The van der Waals surface area contributed by atoms with Crippen LogP contribution in [-0.2, 0) is 9.84 Å². The van der Waals surface area contributed by atoms with Gasteiger partial charge < -0.3 is 0 Å². The highest BCUT2D eigenvalue weighted by Gasteiger charge is 2.09. The summed E-state index contributed by atoms with van der Waals surface area (Å²) in [6.45, 7) is 0. The number of carbonyl (C=O) groups is 1. The van der Waals surface area contributed by atoms with Crippen LogP contribution >= 0.6 is 11.6 Å². The van der Waals surface area contributed by atoms with Crippen molar-refractivity contribution in [2.24, 2.45) is 0 Å². The number of allylic oxidation sites excluding steroid dienone is 6. The summed E-state index contributed by atoms with van der Waals surface area (Å²) in [5, 5.41) is -0.662. The van der Waals surface area contributed by atoms with E-state index in [0.717, 1.165) is 6.26 Å². The Morgan fingerprint density at radius 3 is 2.10 bits per heavy atom. The molecule has 0 N–H and O–H groups in total. The van der Waals surface area contributed by atoms with Crippen LogP contribution in [0.1, 0.15) is 16.8 Å². The van der Waals surface area contributed by atoms with E-state index >= 15 is 0 Å². The summed E-state index contributed by atoms with van der Waals surface area (Å²) < 4.78 is 22.1. The van der Waals surface area contributed by atoms with Crippen LogP contribution in [0.2, 0.25) is 0 Å². The van der Waals surface area contributed by atoms with Crippen molar-refractivity contribution in [1.82, 2.24) is 0 Å². The van der Waals surface area contributed by atoms with E-state index in [2.05, 4.69) is 24.3 Å². The van der Waals surface area contributed by atoms with Gasteiger partial charge in [0, 0.05) is 11.8 Å². The van der Waals surface area contributed by atoms with Gasteiger partial charge in [0.15, 0.2) is 9.84 Å². The highest BCUT2D eigenvalue weighted by atomic mass is 35.5. The Morgan fingerprint density at radius 2 is 1.75 bits per heavy atom. The zero-order chi connectivity index (χ0) is 14.8. The molecule has 0 unspecified atom stereocenters. The lowest BCUT2D eigenvalue weighted by molar-refractivity contribution is 0.108. The lowest BCUT2D eigenvalue weighted by Gasteiger charge is -1.98. The average Bonchev–Trinajstić information content (AvgIpc) is 3.03. The van der Waals surface area contributed by atoms with Crippen molar-refractivity contribution in [3.8, 4) is 0 Å². The molecule has 0 spiro atoms. The van der Waals surface area contributed by atoms with Crippen molar-refractivity contribution < 1.29 is 13.2 Å². The molecule has 20 heavy (non-hydrogen) atoms. The second kappa shape index (κ2) is 5.77. The molecule has 1 aromatic carbocycles. The zero-order valence-electron chi connectivity index (χ0n) is 10.8. The minimum Gasteiger partial charge on any atom is -0.276 e. The van der Waals surface area contributed by atoms with Gasteiger partial charge in [0.05, 0.1) is 4.90 Å². The third kappa shape index (κ3) is 3.68. The van der Waals surface area contributed by atoms with Crippen molar-refractivity contribution in [2.45, 2.75) is 11.3 Å². The molecule has 3 rings (SSSR count). The minimum absolute atomic E-state index is 0.0963. The second-order valence-electron chi connectivity index (χ2n) is 4.57. The number of fused-ring (bicyclic) bond motifs is 2. The van der Waals surface area contributed by atoms with Gasteiger partial charge in [-0.05, 0) is 41.3 Å². The molecule has 0 saturated carbocycles. The molecule has 2 bridgehead atoms. The van der Waals surface area contributed by atoms with Gasteiger partial charge in [-0.2, -0.15) is 0 Å². The van der Waals surface area contributed by atoms with Crippen LogP contribution in [-0.4, -0.2) is 19.9 Å². The Bertz CT molecular complexity index is 720. The van der Waals surface area contributed by atoms with E-state index in [0.29, 0.717) is 0 Å². The van der Waals surface area contributed by atoms with Crippen LogP contribution in [0.5, 0.6) is 0 Å². The predicted octanol–water partition coefficient (Wildman–Crippen LogP) is 3.28. The van der Waals surface area contributed by atoms with E-state index < -0.39 is 15.1 Å². The number of rotatable bonds is 2. The Hall–Kier alpha value is -1.65. The maximum Gasteiger partial charge on any atom is 0.252 e. The molecule has 0 heterocycles. The highest BCUT2D eigenvalue weighted by molar-refractivity contribution is 7.90. The van der Waals surface area contributed by atoms with Gasteiger partial charge >= 0.3 is 0 Å². The fraction of sp³-hybridized carbons (Fsp3) is 0.133. The third-order valence-electron chi connectivity index (χ3n) is 2.92. The summed E-state index contributed by atoms with van der Waals surface area (Å²) in [5.41, 5.74) is 3.12. The molecule has 0 saturated heterocycles. The van der Waals surface area contributed by atoms with E-state index in [4.69, 9.17) is 11.6 Å². The normalized spacial score (nSPS) is 15.3. The van der Waals surface area contributed by atoms with Crippen LogP contribution in [0.25, 0.3) is 0 Å². The maximum atomic E-state index is 11.1. The molecule has 1 aromatic rings. The first-order chi connectivity index (χ1) is 9.36. The molecule has 0 radical (unpaired) electrons. The Labute approximate surface area is 123 Å². The first kappa shape index (κ1) is 14.8. The van der Waals surface area contributed by atoms with Crippen LogP contribution in [0.15, 0.2) is 64.6 Å². The monoisotopic (exact) mass is 308 g/mol. The molecule has 0 aromatic heterocycles. The topological polar surface area (TPSA) is 51.2 Å². The SMILES string of the molecule is C1=CC2=CC=C1C2.CS(=O)(=O)c1cccc(C(=O)Cl)c1. The lowest BCUT2D eigenvalue weighted by Crippen LogP contribution is -1.98. The van der Waals surface area contributed by atoms with E-state index in [-0.39, 0.29) is 10.5 Å². The number of hydrogen-bond donors (Lipinski definition) is 0. The highest BCUT2D eigenvalue weighted by Crippen LogP contribution is 2.27. The van der Waals surface area contributed by atoms with Gasteiger partial charge in [0.2, 0.25) is 0 Å². The summed E-state index contributed by atoms with van der Waals surface area (Å²) in [4.78, 5) is 10.8. The summed E-state index contributed by atoms with van der Waals surface area (Å²) in [7, 11) is -3.27. The van der Waals surface area contributed by atoms with Crippen molar-refractivity contribution in [2.75, 3.05) is 6.26 Å². The number of hydrogen-bond acceptors (Lipinski definition) is 3. The summed E-state index contributed by atoms with van der Waals surface area (Å²) in [6.07, 6.45) is 11.0. The molecule has 0 atom stereocenters. The Kier molecular flexibility index (Phi) is 4.26. The molecular weight excluding hydrogens is 296 g/mol. The van der Waals surface area contributed by atoms with Gasteiger partial charge in [-0.3, -0.25) is 4.79 Å². The lowest BCUT2D eigenvalue weighted by atomic mass is 10.2. The molecule has 2 aliphatic rings. The van der Waals surface area contributed by atoms with Crippen LogP contribution in [0.4, 0.5) is 0 Å². The summed E-state index contributed by atoms with van der Waals surface area (Å²) in [5.74, 6) is 0.